The molecule has 0 spiro atoms. The van der Waals surface area contributed by atoms with Crippen molar-refractivity contribution in [3.8, 4) is 0 Å². The molecule has 88 valence electrons. The van der Waals surface area contributed by atoms with Gasteiger partial charge in [-0.15, -0.1) is 11.3 Å². The Balaban J connectivity index is 2.04. The van der Waals surface area contributed by atoms with Gasteiger partial charge in [-0.25, -0.2) is 0 Å². The maximum atomic E-state index is 9.06. The van der Waals surface area contributed by atoms with Crippen LogP contribution < -0.4 is 4.78 Å². The monoisotopic (exact) mass is 241 g/mol. The van der Waals surface area contributed by atoms with Crippen molar-refractivity contribution in [3.05, 3.63) is 17.0 Å². The Bertz CT molecular complexity index is 339. The lowest BCUT2D eigenvalue weighted by molar-refractivity contribution is 0.0205. The molecule has 1 aliphatic rings. The molecule has 2 heterocycles. The van der Waals surface area contributed by atoms with Crippen molar-refractivity contribution in [2.24, 2.45) is 0 Å². The first kappa shape index (κ1) is 12.1. The van der Waals surface area contributed by atoms with E-state index in [1.165, 1.54) is 16.2 Å². The lowest BCUT2D eigenvalue weighted by Crippen LogP contribution is -2.37. The quantitative estimate of drug-likeness (QED) is 0.721. The zero-order valence-electron chi connectivity index (χ0n) is 9.30. The third kappa shape index (κ3) is 2.64. The number of thiophene rings is 1. The van der Waals surface area contributed by atoms with Gasteiger partial charge in [0, 0.05) is 28.8 Å². The molecule has 0 amide bonds. The summed E-state index contributed by atoms with van der Waals surface area (Å²) < 4.78 is 5.92. The highest BCUT2D eigenvalue weighted by Crippen LogP contribution is 2.24. The Hall–Kier alpha value is -0.395. The van der Waals surface area contributed by atoms with Gasteiger partial charge < -0.3 is 14.8 Å². The van der Waals surface area contributed by atoms with E-state index in [-0.39, 0.29) is 0 Å². The minimum atomic E-state index is -1.35. The molecule has 0 aliphatic carbocycles. The summed E-state index contributed by atoms with van der Waals surface area (Å²) >= 11 is 1.46. The summed E-state index contributed by atoms with van der Waals surface area (Å²) in [7, 11) is -1.35. The summed E-state index contributed by atoms with van der Waals surface area (Å²) in [6, 6.07) is 4.07. The Morgan fingerprint density at radius 2 is 2.06 bits per heavy atom. The molecule has 0 saturated carbocycles. The van der Waals surface area contributed by atoms with Crippen LogP contribution in [0, 0.1) is 0 Å². The third-order valence-electron chi connectivity index (χ3n) is 2.91. The fourth-order valence-corrected chi connectivity index (χ4v) is 2.85. The number of rotatable bonds is 3. The van der Waals surface area contributed by atoms with Gasteiger partial charge in [0.1, 0.15) is 0 Å². The summed E-state index contributed by atoms with van der Waals surface area (Å²) in [4.78, 5) is 3.52. The Kier molecular flexibility index (Phi) is 3.99. The Labute approximate surface area is 99.6 Å². The van der Waals surface area contributed by atoms with E-state index >= 15 is 0 Å². The number of hydrogen-bond donors (Lipinski definition) is 2. The standard InChI is InChI=1S/C10H16BNO3S/c1-8(12-4-6-15-7-5-12)9-2-3-10(16-9)11(13)14/h2-3,8,13-14H,4-7H2,1H3/t8-/m0/s1. The minimum Gasteiger partial charge on any atom is -0.423 e. The zero-order chi connectivity index (χ0) is 11.5. The molecule has 1 aromatic rings. The highest BCUT2D eigenvalue weighted by Gasteiger charge is 2.21. The van der Waals surface area contributed by atoms with Gasteiger partial charge in [-0.1, -0.05) is 6.07 Å². The summed E-state index contributed by atoms with van der Waals surface area (Å²) in [5.41, 5.74) is 0. The first-order valence-electron chi connectivity index (χ1n) is 5.46. The average Bonchev–Trinajstić information content (AvgIpc) is 2.78. The summed E-state index contributed by atoms with van der Waals surface area (Å²) in [6.45, 7) is 5.59. The van der Waals surface area contributed by atoms with Crippen LogP contribution in [0.15, 0.2) is 12.1 Å². The molecule has 1 aliphatic heterocycles. The normalized spacial score (nSPS) is 19.7. The second kappa shape index (κ2) is 5.29. The van der Waals surface area contributed by atoms with Gasteiger partial charge in [0.05, 0.1) is 13.2 Å². The van der Waals surface area contributed by atoms with Gasteiger partial charge in [-0.2, -0.15) is 0 Å². The maximum Gasteiger partial charge on any atom is 0.499 e. The van der Waals surface area contributed by atoms with E-state index < -0.39 is 7.12 Å². The van der Waals surface area contributed by atoms with Crippen LogP contribution in [0.2, 0.25) is 0 Å². The van der Waals surface area contributed by atoms with E-state index in [4.69, 9.17) is 14.8 Å². The van der Waals surface area contributed by atoms with Gasteiger partial charge in [0.25, 0.3) is 0 Å². The molecular formula is C10H16BNO3S. The fraction of sp³-hybridized carbons (Fsp3) is 0.600. The van der Waals surface area contributed by atoms with Gasteiger partial charge in [-0.05, 0) is 13.0 Å². The van der Waals surface area contributed by atoms with Crippen molar-refractivity contribution in [3.63, 3.8) is 0 Å². The molecule has 6 heteroatoms. The SMILES string of the molecule is C[C@@H](c1ccc(B(O)O)s1)N1CCOCC1. The first-order valence-corrected chi connectivity index (χ1v) is 6.27. The molecule has 0 radical (unpaired) electrons. The lowest BCUT2D eigenvalue weighted by atomic mass is 9.90. The van der Waals surface area contributed by atoms with Crippen molar-refractivity contribution >= 4 is 23.2 Å². The Morgan fingerprint density at radius 3 is 2.62 bits per heavy atom. The second-order valence-electron chi connectivity index (χ2n) is 3.94. The molecule has 0 aromatic carbocycles. The van der Waals surface area contributed by atoms with E-state index in [2.05, 4.69) is 11.8 Å². The van der Waals surface area contributed by atoms with Crippen LogP contribution in [-0.2, 0) is 4.74 Å². The first-order chi connectivity index (χ1) is 7.68. The topological polar surface area (TPSA) is 52.9 Å². The predicted octanol–water partition coefficient (Wildman–Crippen LogP) is -0.179. The van der Waals surface area contributed by atoms with Gasteiger partial charge in [0.2, 0.25) is 0 Å². The van der Waals surface area contributed by atoms with E-state index in [9.17, 15) is 0 Å². The third-order valence-corrected chi connectivity index (χ3v) is 4.20. The van der Waals surface area contributed by atoms with E-state index in [0.29, 0.717) is 10.8 Å². The molecule has 2 N–H and O–H groups in total. The fourth-order valence-electron chi connectivity index (χ4n) is 1.88. The zero-order valence-corrected chi connectivity index (χ0v) is 10.1. The van der Waals surface area contributed by atoms with Gasteiger partial charge >= 0.3 is 7.12 Å². The van der Waals surface area contributed by atoms with Crippen LogP contribution in [0.1, 0.15) is 17.8 Å². The van der Waals surface area contributed by atoms with Crippen molar-refractivity contribution < 1.29 is 14.8 Å². The summed E-state index contributed by atoms with van der Waals surface area (Å²) in [6.07, 6.45) is 0. The van der Waals surface area contributed by atoms with Crippen molar-refractivity contribution in [1.29, 1.82) is 0 Å². The molecule has 4 nitrogen and oxygen atoms in total. The molecule has 1 aromatic heterocycles. The molecule has 16 heavy (non-hydrogen) atoms. The predicted molar refractivity (Wildman–Crippen MR) is 65.0 cm³/mol. The van der Waals surface area contributed by atoms with Crippen molar-refractivity contribution in [1.82, 2.24) is 4.90 Å². The smallest absolute Gasteiger partial charge is 0.423 e. The van der Waals surface area contributed by atoms with E-state index in [1.54, 1.807) is 6.07 Å². The largest absolute Gasteiger partial charge is 0.499 e. The van der Waals surface area contributed by atoms with Crippen LogP contribution >= 0.6 is 11.3 Å². The van der Waals surface area contributed by atoms with E-state index in [0.717, 1.165) is 26.3 Å². The number of hydrogen-bond acceptors (Lipinski definition) is 5. The second-order valence-corrected chi connectivity index (χ2v) is 5.09. The number of morpholine rings is 1. The molecule has 2 rings (SSSR count). The highest BCUT2D eigenvalue weighted by atomic mass is 32.1. The average molecular weight is 241 g/mol. The number of ether oxygens (including phenoxy) is 1. The summed E-state index contributed by atoms with van der Waals surface area (Å²) in [5, 5.41) is 18.1. The van der Waals surface area contributed by atoms with Crippen LogP contribution in [0.3, 0.4) is 0 Å². The minimum absolute atomic E-state index is 0.321. The molecule has 1 saturated heterocycles. The van der Waals surface area contributed by atoms with E-state index in [1.807, 2.05) is 6.07 Å². The number of nitrogens with zero attached hydrogens (tertiary/aromatic N) is 1. The van der Waals surface area contributed by atoms with Gasteiger partial charge in [-0.3, -0.25) is 4.90 Å². The van der Waals surface area contributed by atoms with Crippen molar-refractivity contribution in [2.45, 2.75) is 13.0 Å². The van der Waals surface area contributed by atoms with Crippen LogP contribution in [-0.4, -0.2) is 48.4 Å². The maximum absolute atomic E-state index is 9.06. The summed E-state index contributed by atoms with van der Waals surface area (Å²) in [5.74, 6) is 0. The van der Waals surface area contributed by atoms with Crippen LogP contribution in [0.5, 0.6) is 0 Å². The highest BCUT2D eigenvalue weighted by molar-refractivity contribution is 7.22. The molecule has 0 bridgehead atoms. The molecule has 0 unspecified atom stereocenters. The van der Waals surface area contributed by atoms with Crippen LogP contribution in [0.4, 0.5) is 0 Å². The van der Waals surface area contributed by atoms with Crippen molar-refractivity contribution in [2.75, 3.05) is 26.3 Å². The lowest BCUT2D eigenvalue weighted by Gasteiger charge is -2.31. The van der Waals surface area contributed by atoms with Crippen LogP contribution in [0.25, 0.3) is 0 Å². The van der Waals surface area contributed by atoms with Gasteiger partial charge in [0.15, 0.2) is 0 Å². The molecular weight excluding hydrogens is 225 g/mol. The molecule has 1 fully saturated rings. The molecule has 1 atom stereocenters. The Morgan fingerprint density at radius 1 is 1.38 bits per heavy atom.